The number of hydrogen-bond donors (Lipinski definition) is 4. The molecule has 2 aromatic carbocycles. The number of carboxylic acid groups (broad SMARTS) is 1. The van der Waals surface area contributed by atoms with E-state index in [1.54, 1.807) is 0 Å². The summed E-state index contributed by atoms with van der Waals surface area (Å²) in [5, 5.41) is 17.2. The highest BCUT2D eigenvalue weighted by Crippen LogP contribution is 2.18. The molecule has 2 aromatic rings. The molecular formula is C20H22FN3O4. The molecule has 0 saturated carbocycles. The van der Waals surface area contributed by atoms with Crippen LogP contribution in [0, 0.1) is 12.7 Å². The molecule has 148 valence electrons. The fourth-order valence-corrected chi connectivity index (χ4v) is 2.48. The minimum Gasteiger partial charge on any atom is -0.479 e. The zero-order valence-corrected chi connectivity index (χ0v) is 15.7. The van der Waals surface area contributed by atoms with Crippen molar-refractivity contribution in [2.45, 2.75) is 32.9 Å². The van der Waals surface area contributed by atoms with Crippen LogP contribution in [0.15, 0.2) is 42.5 Å². The largest absolute Gasteiger partial charge is 0.479 e. The van der Waals surface area contributed by atoms with Gasteiger partial charge in [-0.25, -0.2) is 14.0 Å². The maximum atomic E-state index is 13.4. The Morgan fingerprint density at radius 3 is 2.18 bits per heavy atom. The number of carbonyl (C=O) groups is 3. The molecule has 1 unspecified atom stereocenters. The summed E-state index contributed by atoms with van der Waals surface area (Å²) in [5.41, 5.74) is 1.26. The lowest BCUT2D eigenvalue weighted by molar-refractivity contribution is -0.139. The number of benzene rings is 2. The highest BCUT2D eigenvalue weighted by atomic mass is 19.1. The van der Waals surface area contributed by atoms with E-state index in [1.807, 2.05) is 13.8 Å². The van der Waals surface area contributed by atoms with Gasteiger partial charge in [0, 0.05) is 17.3 Å². The third-order valence-corrected chi connectivity index (χ3v) is 3.86. The maximum absolute atomic E-state index is 13.4. The Hall–Kier alpha value is -3.42. The molecule has 0 aliphatic rings. The first-order chi connectivity index (χ1) is 13.2. The zero-order chi connectivity index (χ0) is 20.8. The average molecular weight is 387 g/mol. The Bertz CT molecular complexity index is 882. The third kappa shape index (κ3) is 5.54. The van der Waals surface area contributed by atoms with Crippen molar-refractivity contribution in [2.75, 3.05) is 5.32 Å². The SMILES string of the molecule is Cc1cc(C(NC(=O)c2ccc(NC(=O)NC(C)C)cc2)C(=O)O)ccc1F. The summed E-state index contributed by atoms with van der Waals surface area (Å²) in [5.74, 6) is -2.32. The number of halogens is 1. The number of carboxylic acids is 1. The van der Waals surface area contributed by atoms with Gasteiger partial charge in [0.1, 0.15) is 5.82 Å². The second-order valence-corrected chi connectivity index (χ2v) is 6.58. The van der Waals surface area contributed by atoms with Crippen LogP contribution in [0.3, 0.4) is 0 Å². The van der Waals surface area contributed by atoms with E-state index >= 15 is 0 Å². The molecule has 0 bridgehead atoms. The van der Waals surface area contributed by atoms with E-state index in [9.17, 15) is 23.9 Å². The molecule has 0 aliphatic carbocycles. The predicted octanol–water partition coefficient (Wildman–Crippen LogP) is 3.22. The smallest absolute Gasteiger partial charge is 0.330 e. The summed E-state index contributed by atoms with van der Waals surface area (Å²) >= 11 is 0. The Morgan fingerprint density at radius 2 is 1.64 bits per heavy atom. The average Bonchev–Trinajstić information content (AvgIpc) is 2.61. The van der Waals surface area contributed by atoms with Crippen molar-refractivity contribution in [1.29, 1.82) is 0 Å². The second-order valence-electron chi connectivity index (χ2n) is 6.58. The highest BCUT2D eigenvalue weighted by molar-refractivity contribution is 5.97. The van der Waals surface area contributed by atoms with E-state index in [4.69, 9.17) is 0 Å². The summed E-state index contributed by atoms with van der Waals surface area (Å²) < 4.78 is 13.4. The molecule has 3 amide bonds. The quantitative estimate of drug-likeness (QED) is 0.610. The lowest BCUT2D eigenvalue weighted by atomic mass is 10.0. The fraction of sp³-hybridized carbons (Fsp3) is 0.250. The number of urea groups is 1. The molecule has 0 radical (unpaired) electrons. The maximum Gasteiger partial charge on any atom is 0.330 e. The van der Waals surface area contributed by atoms with Crippen LogP contribution >= 0.6 is 0 Å². The molecule has 0 heterocycles. The van der Waals surface area contributed by atoms with Gasteiger partial charge in [-0.15, -0.1) is 0 Å². The van der Waals surface area contributed by atoms with Crippen molar-refractivity contribution < 1.29 is 23.9 Å². The summed E-state index contributed by atoms with van der Waals surface area (Å²) in [6, 6.07) is 8.16. The topological polar surface area (TPSA) is 108 Å². The number of aliphatic carboxylic acids is 1. The van der Waals surface area contributed by atoms with Gasteiger partial charge in [-0.05, 0) is 62.2 Å². The number of hydrogen-bond acceptors (Lipinski definition) is 3. The van der Waals surface area contributed by atoms with Crippen LogP contribution in [-0.4, -0.2) is 29.1 Å². The van der Waals surface area contributed by atoms with Crippen LogP contribution in [-0.2, 0) is 4.79 Å². The Morgan fingerprint density at radius 1 is 1.00 bits per heavy atom. The van der Waals surface area contributed by atoms with Gasteiger partial charge < -0.3 is 21.1 Å². The van der Waals surface area contributed by atoms with Crippen molar-refractivity contribution in [3.63, 3.8) is 0 Å². The van der Waals surface area contributed by atoms with E-state index < -0.39 is 23.7 Å². The van der Waals surface area contributed by atoms with E-state index in [-0.39, 0.29) is 28.8 Å². The zero-order valence-electron chi connectivity index (χ0n) is 15.7. The summed E-state index contributed by atoms with van der Waals surface area (Å²) in [4.78, 5) is 35.7. The van der Waals surface area contributed by atoms with Gasteiger partial charge in [0.05, 0.1) is 0 Å². The van der Waals surface area contributed by atoms with E-state index in [0.717, 1.165) is 6.07 Å². The molecule has 0 aliphatic heterocycles. The summed E-state index contributed by atoms with van der Waals surface area (Å²) in [7, 11) is 0. The molecule has 4 N–H and O–H groups in total. The van der Waals surface area contributed by atoms with Gasteiger partial charge in [0.15, 0.2) is 6.04 Å². The predicted molar refractivity (Wildman–Crippen MR) is 103 cm³/mol. The number of aryl methyl sites for hydroxylation is 1. The standard InChI is InChI=1S/C20H22FN3O4/c1-11(2)22-20(28)23-15-7-4-13(5-8-15)18(25)24-17(19(26)27)14-6-9-16(21)12(3)10-14/h4-11,17H,1-3H3,(H,24,25)(H,26,27)(H2,22,23,28). The van der Waals surface area contributed by atoms with Crippen molar-refractivity contribution in [3.05, 3.63) is 65.0 Å². The van der Waals surface area contributed by atoms with Gasteiger partial charge >= 0.3 is 12.0 Å². The van der Waals surface area contributed by atoms with Crippen LogP contribution < -0.4 is 16.0 Å². The molecule has 2 rings (SSSR count). The monoisotopic (exact) mass is 387 g/mol. The van der Waals surface area contributed by atoms with Gasteiger partial charge in [-0.2, -0.15) is 0 Å². The Balaban J connectivity index is 2.10. The number of anilines is 1. The first-order valence-electron chi connectivity index (χ1n) is 8.64. The molecule has 28 heavy (non-hydrogen) atoms. The Labute approximate surface area is 162 Å². The van der Waals surface area contributed by atoms with Gasteiger partial charge in [-0.3, -0.25) is 4.79 Å². The van der Waals surface area contributed by atoms with Gasteiger partial charge in [0.25, 0.3) is 5.91 Å². The van der Waals surface area contributed by atoms with E-state index in [1.165, 1.54) is 43.3 Å². The first-order valence-corrected chi connectivity index (χ1v) is 8.64. The molecule has 8 heteroatoms. The third-order valence-electron chi connectivity index (χ3n) is 3.86. The van der Waals surface area contributed by atoms with Crippen molar-refractivity contribution in [1.82, 2.24) is 10.6 Å². The minimum atomic E-state index is -1.32. The summed E-state index contributed by atoms with van der Waals surface area (Å²) in [6.07, 6.45) is 0. The number of amides is 3. The van der Waals surface area contributed by atoms with Crippen LogP contribution in [0.1, 0.15) is 41.4 Å². The molecule has 7 nitrogen and oxygen atoms in total. The number of nitrogens with one attached hydrogen (secondary N) is 3. The highest BCUT2D eigenvalue weighted by Gasteiger charge is 2.23. The number of carbonyl (C=O) groups excluding carboxylic acids is 2. The molecule has 0 fully saturated rings. The molecule has 0 spiro atoms. The van der Waals surface area contributed by atoms with E-state index in [2.05, 4.69) is 16.0 Å². The van der Waals surface area contributed by atoms with Gasteiger partial charge in [0.2, 0.25) is 0 Å². The molecule has 0 saturated heterocycles. The lowest BCUT2D eigenvalue weighted by Crippen LogP contribution is -2.34. The summed E-state index contributed by atoms with van der Waals surface area (Å²) in [6.45, 7) is 5.17. The van der Waals surface area contributed by atoms with Crippen molar-refractivity contribution in [3.8, 4) is 0 Å². The van der Waals surface area contributed by atoms with Crippen LogP contribution in [0.5, 0.6) is 0 Å². The fourth-order valence-electron chi connectivity index (χ4n) is 2.48. The second kappa shape index (κ2) is 8.98. The van der Waals surface area contributed by atoms with Crippen LogP contribution in [0.25, 0.3) is 0 Å². The molecule has 1 atom stereocenters. The van der Waals surface area contributed by atoms with Crippen LogP contribution in [0.2, 0.25) is 0 Å². The molecular weight excluding hydrogens is 365 g/mol. The number of rotatable bonds is 6. The van der Waals surface area contributed by atoms with Crippen molar-refractivity contribution in [2.24, 2.45) is 0 Å². The lowest BCUT2D eigenvalue weighted by Gasteiger charge is -2.16. The first kappa shape index (κ1) is 20.9. The molecule has 0 aromatic heterocycles. The van der Waals surface area contributed by atoms with Gasteiger partial charge in [-0.1, -0.05) is 12.1 Å². The van der Waals surface area contributed by atoms with Crippen LogP contribution in [0.4, 0.5) is 14.9 Å². The Kier molecular flexibility index (Phi) is 6.70. The van der Waals surface area contributed by atoms with E-state index in [0.29, 0.717) is 5.69 Å². The normalized spacial score (nSPS) is 11.6. The minimum absolute atomic E-state index is 0.0203. The van der Waals surface area contributed by atoms with Crippen molar-refractivity contribution >= 4 is 23.6 Å².